The van der Waals surface area contributed by atoms with Gasteiger partial charge >= 0.3 is 0 Å². The Morgan fingerprint density at radius 2 is 2.10 bits per heavy atom. The molecule has 0 saturated carbocycles. The van der Waals surface area contributed by atoms with E-state index in [0.717, 1.165) is 4.90 Å². The first-order valence-electron chi connectivity index (χ1n) is 7.05. The molecular formula is C16H23FN3O+. The van der Waals surface area contributed by atoms with Crippen LogP contribution in [0.1, 0.15) is 26.3 Å². The molecule has 5 heteroatoms. The Morgan fingerprint density at radius 1 is 1.48 bits per heavy atom. The summed E-state index contributed by atoms with van der Waals surface area (Å²) in [6.07, 6.45) is 0. The van der Waals surface area contributed by atoms with E-state index < -0.39 is 5.54 Å². The lowest BCUT2D eigenvalue weighted by Gasteiger charge is -2.27. The van der Waals surface area contributed by atoms with E-state index in [0.29, 0.717) is 12.1 Å². The number of nitriles is 1. The van der Waals surface area contributed by atoms with Gasteiger partial charge in [-0.3, -0.25) is 4.79 Å². The molecule has 21 heavy (non-hydrogen) atoms. The molecule has 1 aromatic rings. The Bertz CT molecular complexity index is 539. The molecule has 1 rings (SSSR count). The van der Waals surface area contributed by atoms with Gasteiger partial charge in [0.25, 0.3) is 5.91 Å². The minimum Gasteiger partial charge on any atom is -0.333 e. The first-order chi connectivity index (χ1) is 9.78. The van der Waals surface area contributed by atoms with Gasteiger partial charge in [0, 0.05) is 5.56 Å². The number of amides is 1. The number of benzene rings is 1. The van der Waals surface area contributed by atoms with Gasteiger partial charge in [0.05, 0.1) is 13.1 Å². The second kappa shape index (κ2) is 7.19. The molecule has 0 radical (unpaired) electrons. The molecule has 0 aliphatic heterocycles. The quantitative estimate of drug-likeness (QED) is 0.818. The van der Waals surface area contributed by atoms with E-state index in [-0.39, 0.29) is 24.2 Å². The molecule has 0 heterocycles. The Balaban J connectivity index is 2.59. The van der Waals surface area contributed by atoms with Crippen LogP contribution < -0.4 is 10.2 Å². The van der Waals surface area contributed by atoms with Gasteiger partial charge in [0.2, 0.25) is 0 Å². The SMILES string of the molecule is CC(C)[C@](C)(C#N)NC(=O)C[NH+](C)Cc1ccccc1F. The van der Waals surface area contributed by atoms with Crippen LogP contribution in [0.3, 0.4) is 0 Å². The minimum absolute atomic E-state index is 0.0123. The van der Waals surface area contributed by atoms with E-state index in [4.69, 9.17) is 0 Å². The lowest BCUT2D eigenvalue weighted by molar-refractivity contribution is -0.885. The molecule has 0 aliphatic rings. The summed E-state index contributed by atoms with van der Waals surface area (Å²) >= 11 is 0. The second-order valence-corrected chi connectivity index (χ2v) is 5.92. The highest BCUT2D eigenvalue weighted by molar-refractivity contribution is 5.78. The van der Waals surface area contributed by atoms with Gasteiger partial charge in [0.15, 0.2) is 6.54 Å². The average molecular weight is 292 g/mol. The summed E-state index contributed by atoms with van der Waals surface area (Å²) < 4.78 is 13.6. The lowest BCUT2D eigenvalue weighted by Crippen LogP contribution is -3.09. The normalized spacial score (nSPS) is 15.1. The van der Waals surface area contributed by atoms with Gasteiger partial charge in [-0.25, -0.2) is 4.39 Å². The van der Waals surface area contributed by atoms with Crippen LogP contribution in [0.25, 0.3) is 0 Å². The minimum atomic E-state index is -0.880. The zero-order valence-corrected chi connectivity index (χ0v) is 13.0. The number of hydrogen-bond donors (Lipinski definition) is 2. The van der Waals surface area contributed by atoms with E-state index in [1.165, 1.54) is 6.07 Å². The van der Waals surface area contributed by atoms with Gasteiger partial charge in [-0.1, -0.05) is 32.0 Å². The third kappa shape index (κ3) is 4.83. The molecule has 1 aromatic carbocycles. The Hall–Kier alpha value is -1.93. The van der Waals surface area contributed by atoms with Crippen LogP contribution in [0.5, 0.6) is 0 Å². The summed E-state index contributed by atoms with van der Waals surface area (Å²) in [6, 6.07) is 8.68. The Kier molecular flexibility index (Phi) is 5.86. The largest absolute Gasteiger partial charge is 0.333 e. The van der Waals surface area contributed by atoms with Crippen LogP contribution in [-0.4, -0.2) is 25.0 Å². The van der Waals surface area contributed by atoms with Crippen molar-refractivity contribution in [2.45, 2.75) is 32.9 Å². The van der Waals surface area contributed by atoms with E-state index >= 15 is 0 Å². The van der Waals surface area contributed by atoms with Crippen molar-refractivity contribution < 1.29 is 14.1 Å². The highest BCUT2D eigenvalue weighted by atomic mass is 19.1. The number of likely N-dealkylation sites (N-methyl/N-ethyl adjacent to an activating group) is 1. The first-order valence-corrected chi connectivity index (χ1v) is 7.05. The van der Waals surface area contributed by atoms with Crippen molar-refractivity contribution in [2.75, 3.05) is 13.6 Å². The maximum Gasteiger partial charge on any atom is 0.276 e. The van der Waals surface area contributed by atoms with Crippen molar-refractivity contribution in [1.29, 1.82) is 5.26 Å². The van der Waals surface area contributed by atoms with Crippen LogP contribution in [0, 0.1) is 23.1 Å². The molecule has 0 fully saturated rings. The van der Waals surface area contributed by atoms with Gasteiger partial charge in [0.1, 0.15) is 17.9 Å². The smallest absolute Gasteiger partial charge is 0.276 e. The highest BCUT2D eigenvalue weighted by Gasteiger charge is 2.30. The third-order valence-electron chi connectivity index (χ3n) is 3.70. The number of carbonyl (C=O) groups excluding carboxylic acids is 1. The van der Waals surface area contributed by atoms with Crippen molar-refractivity contribution >= 4 is 5.91 Å². The number of quaternary nitrogens is 1. The van der Waals surface area contributed by atoms with Crippen molar-refractivity contribution in [1.82, 2.24) is 5.32 Å². The van der Waals surface area contributed by atoms with Crippen LogP contribution >= 0.6 is 0 Å². The summed E-state index contributed by atoms with van der Waals surface area (Å²) in [5, 5.41) is 11.9. The summed E-state index contributed by atoms with van der Waals surface area (Å²) in [6.45, 7) is 6.10. The van der Waals surface area contributed by atoms with Gasteiger partial charge in [-0.15, -0.1) is 0 Å². The molecule has 1 unspecified atom stereocenters. The zero-order chi connectivity index (χ0) is 16.0. The molecule has 2 N–H and O–H groups in total. The number of hydrogen-bond acceptors (Lipinski definition) is 2. The maximum absolute atomic E-state index is 13.6. The van der Waals surface area contributed by atoms with E-state index in [9.17, 15) is 14.4 Å². The Labute approximate surface area is 125 Å². The fraction of sp³-hybridized carbons (Fsp3) is 0.500. The molecule has 0 aromatic heterocycles. The molecule has 114 valence electrons. The predicted octanol–water partition coefficient (Wildman–Crippen LogP) is 0.895. The van der Waals surface area contributed by atoms with E-state index in [1.54, 1.807) is 25.1 Å². The third-order valence-corrected chi connectivity index (χ3v) is 3.70. The fourth-order valence-electron chi connectivity index (χ4n) is 1.94. The van der Waals surface area contributed by atoms with Crippen molar-refractivity contribution in [3.8, 4) is 6.07 Å². The Morgan fingerprint density at radius 3 is 2.62 bits per heavy atom. The van der Waals surface area contributed by atoms with Gasteiger partial charge in [-0.2, -0.15) is 5.26 Å². The molecule has 2 atom stereocenters. The molecule has 1 amide bonds. The van der Waals surface area contributed by atoms with Crippen LogP contribution in [0.15, 0.2) is 24.3 Å². The number of nitrogens with one attached hydrogen (secondary N) is 2. The van der Waals surface area contributed by atoms with Crippen molar-refractivity contribution in [2.24, 2.45) is 5.92 Å². The van der Waals surface area contributed by atoms with Crippen LogP contribution in [-0.2, 0) is 11.3 Å². The van der Waals surface area contributed by atoms with Crippen LogP contribution in [0.4, 0.5) is 4.39 Å². The number of rotatable bonds is 6. The standard InChI is InChI=1S/C16H22FN3O/c1-12(2)16(3,11-18)19-15(21)10-20(4)9-13-7-5-6-8-14(13)17/h5-8,12H,9-10H2,1-4H3,(H,19,21)/p+1/t16-/m0/s1. The topological polar surface area (TPSA) is 57.3 Å². The maximum atomic E-state index is 13.6. The predicted molar refractivity (Wildman–Crippen MR) is 78.9 cm³/mol. The first kappa shape index (κ1) is 17.1. The summed E-state index contributed by atoms with van der Waals surface area (Å²) in [7, 11) is 1.82. The summed E-state index contributed by atoms with van der Waals surface area (Å²) in [4.78, 5) is 12.9. The number of halogens is 1. The van der Waals surface area contributed by atoms with Crippen molar-refractivity contribution in [3.05, 3.63) is 35.6 Å². The lowest BCUT2D eigenvalue weighted by atomic mass is 9.90. The average Bonchev–Trinajstić information content (AvgIpc) is 2.40. The van der Waals surface area contributed by atoms with Crippen LogP contribution in [0.2, 0.25) is 0 Å². The number of nitrogens with zero attached hydrogens (tertiary/aromatic N) is 1. The van der Waals surface area contributed by atoms with E-state index in [2.05, 4.69) is 11.4 Å². The van der Waals surface area contributed by atoms with Crippen molar-refractivity contribution in [3.63, 3.8) is 0 Å². The molecule has 4 nitrogen and oxygen atoms in total. The highest BCUT2D eigenvalue weighted by Crippen LogP contribution is 2.14. The van der Waals surface area contributed by atoms with Gasteiger partial charge in [-0.05, 0) is 18.9 Å². The van der Waals surface area contributed by atoms with Gasteiger partial charge < -0.3 is 10.2 Å². The monoisotopic (exact) mass is 292 g/mol. The fourth-order valence-corrected chi connectivity index (χ4v) is 1.94. The van der Waals surface area contributed by atoms with E-state index in [1.807, 2.05) is 20.9 Å². The molecular weight excluding hydrogens is 269 g/mol. The zero-order valence-electron chi connectivity index (χ0n) is 13.0. The second-order valence-electron chi connectivity index (χ2n) is 5.92. The molecule has 0 saturated heterocycles. The molecule has 0 bridgehead atoms. The number of carbonyl (C=O) groups is 1. The molecule has 0 aliphatic carbocycles. The summed E-state index contributed by atoms with van der Waals surface area (Å²) in [5.41, 5.74) is -0.301. The molecule has 0 spiro atoms. The summed E-state index contributed by atoms with van der Waals surface area (Å²) in [5.74, 6) is -0.457.